The largest absolute Gasteiger partial charge is 0.507 e. The van der Waals surface area contributed by atoms with E-state index in [2.05, 4.69) is 21.7 Å². The maximum Gasteiger partial charge on any atom is 0.260 e. The van der Waals surface area contributed by atoms with Gasteiger partial charge in [0.05, 0.1) is 23.6 Å². The summed E-state index contributed by atoms with van der Waals surface area (Å²) >= 11 is 5.98. The molecule has 37 heavy (non-hydrogen) atoms. The van der Waals surface area contributed by atoms with Gasteiger partial charge in [-0.2, -0.15) is 5.26 Å². The highest BCUT2D eigenvalue weighted by atomic mass is 35.5. The van der Waals surface area contributed by atoms with Gasteiger partial charge in [-0.15, -0.1) is 12.4 Å². The Morgan fingerprint density at radius 2 is 1.92 bits per heavy atom. The molecule has 2 aromatic heterocycles. The number of benzene rings is 2. The van der Waals surface area contributed by atoms with E-state index in [4.69, 9.17) is 21.8 Å². The number of nitriles is 1. The Bertz CT molecular complexity index is 1500. The number of hydrogen-bond acceptors (Lipinski definition) is 7. The first-order valence-electron chi connectivity index (χ1n) is 10.7. The lowest BCUT2D eigenvalue weighted by Gasteiger charge is -2.15. The summed E-state index contributed by atoms with van der Waals surface area (Å²) < 4.78 is 4.97. The van der Waals surface area contributed by atoms with Crippen molar-refractivity contribution in [1.82, 2.24) is 4.98 Å². The Balaban J connectivity index is 0.00000380. The number of carbonyl (C=O) groups excluding carboxylic acids is 2. The van der Waals surface area contributed by atoms with Crippen LogP contribution in [0.4, 0.5) is 11.5 Å². The van der Waals surface area contributed by atoms with Crippen LogP contribution in [0.3, 0.4) is 0 Å². The van der Waals surface area contributed by atoms with Gasteiger partial charge in [0.15, 0.2) is 5.82 Å². The predicted octanol–water partition coefficient (Wildman–Crippen LogP) is 5.20. The van der Waals surface area contributed by atoms with Gasteiger partial charge >= 0.3 is 0 Å². The lowest BCUT2D eigenvalue weighted by molar-refractivity contribution is -0.117. The van der Waals surface area contributed by atoms with E-state index in [0.29, 0.717) is 27.4 Å². The summed E-state index contributed by atoms with van der Waals surface area (Å²) in [4.78, 5) is 29.3. The zero-order chi connectivity index (χ0) is 25.8. The van der Waals surface area contributed by atoms with E-state index in [1.807, 2.05) is 0 Å². The highest BCUT2D eigenvalue weighted by Crippen LogP contribution is 2.37. The van der Waals surface area contributed by atoms with E-state index >= 15 is 0 Å². The molecule has 0 bridgehead atoms. The van der Waals surface area contributed by atoms with E-state index < -0.39 is 11.9 Å². The zero-order valence-corrected chi connectivity index (χ0v) is 20.9. The number of phenolic OH excluding ortho intramolecular Hbond substituents is 1. The molecule has 0 saturated carbocycles. The van der Waals surface area contributed by atoms with Crippen molar-refractivity contribution in [2.24, 2.45) is 5.73 Å². The van der Waals surface area contributed by atoms with Gasteiger partial charge in [-0.1, -0.05) is 23.7 Å². The Kier molecular flexibility index (Phi) is 8.52. The summed E-state index contributed by atoms with van der Waals surface area (Å²) in [5.41, 5.74) is 8.03. The second kappa shape index (κ2) is 11.6. The molecule has 188 valence electrons. The average Bonchev–Trinajstić information content (AvgIpc) is 3.39. The Hall–Kier alpha value is -4.36. The third-order valence-corrected chi connectivity index (χ3v) is 5.47. The van der Waals surface area contributed by atoms with Crippen LogP contribution in [0.1, 0.15) is 22.8 Å². The number of furan rings is 1. The lowest BCUT2D eigenvalue weighted by atomic mass is 9.97. The third-order valence-electron chi connectivity index (χ3n) is 5.24. The first kappa shape index (κ1) is 27.2. The van der Waals surface area contributed by atoms with Gasteiger partial charge in [0.25, 0.3) is 5.91 Å². The summed E-state index contributed by atoms with van der Waals surface area (Å²) in [7, 11) is 0. The second-order valence-electron chi connectivity index (χ2n) is 7.88. The number of hydrogen-bond donors (Lipinski definition) is 4. The van der Waals surface area contributed by atoms with E-state index in [9.17, 15) is 20.0 Å². The molecular weight excluding hydrogens is 517 g/mol. The minimum Gasteiger partial charge on any atom is -0.507 e. The van der Waals surface area contributed by atoms with Crippen molar-refractivity contribution in [2.75, 3.05) is 10.6 Å². The highest BCUT2D eigenvalue weighted by Gasteiger charge is 2.20. The smallest absolute Gasteiger partial charge is 0.260 e. The van der Waals surface area contributed by atoms with Gasteiger partial charge in [0.2, 0.25) is 5.91 Å². The molecule has 0 fully saturated rings. The molecule has 9 nitrogen and oxygen atoms in total. The van der Waals surface area contributed by atoms with E-state index in [1.165, 1.54) is 24.7 Å². The minimum atomic E-state index is -0.714. The van der Waals surface area contributed by atoms with Crippen molar-refractivity contribution in [3.63, 3.8) is 0 Å². The fourth-order valence-corrected chi connectivity index (χ4v) is 3.60. The van der Waals surface area contributed by atoms with E-state index in [1.54, 1.807) is 49.4 Å². The lowest BCUT2D eigenvalue weighted by Crippen LogP contribution is -2.32. The number of amides is 2. The maximum absolute atomic E-state index is 12.7. The number of aromatic nitrogens is 1. The zero-order valence-electron chi connectivity index (χ0n) is 19.4. The number of carbonyl (C=O) groups is 2. The standard InChI is InChI=1S/C26H20ClN5O4.ClH/c1-14(29)25(34)30-18-4-2-3-15(9-18)20-11-22(19-6-5-17(27)10-23(19)33)31-24(21(20)12-28)32-26(35)16-7-8-36-13-16;/h2-11,13-14,33H,29H2,1H3,(H,30,34)(H,31,32,35);1H. The minimum absolute atomic E-state index is 0. The van der Waals surface area contributed by atoms with Crippen LogP contribution in [0.15, 0.2) is 71.5 Å². The summed E-state index contributed by atoms with van der Waals surface area (Å²) in [6.07, 6.45) is 2.62. The quantitative estimate of drug-likeness (QED) is 0.263. The van der Waals surface area contributed by atoms with Gasteiger partial charge in [-0.25, -0.2) is 4.98 Å². The fourth-order valence-electron chi connectivity index (χ4n) is 3.43. The number of aromatic hydroxyl groups is 1. The molecule has 4 rings (SSSR count). The number of anilines is 2. The van der Waals surface area contributed by atoms with Crippen molar-refractivity contribution in [1.29, 1.82) is 5.26 Å². The number of halogens is 2. The molecule has 0 spiro atoms. The van der Waals surface area contributed by atoms with Crippen LogP contribution in [-0.2, 0) is 4.79 Å². The van der Waals surface area contributed by atoms with Crippen molar-refractivity contribution < 1.29 is 19.1 Å². The van der Waals surface area contributed by atoms with Crippen LogP contribution in [0, 0.1) is 11.3 Å². The maximum atomic E-state index is 12.7. The predicted molar refractivity (Wildman–Crippen MR) is 143 cm³/mol. The average molecular weight is 538 g/mol. The van der Waals surface area contributed by atoms with Crippen LogP contribution in [0.25, 0.3) is 22.4 Å². The number of phenols is 1. The SMILES string of the molecule is CC(N)C(=O)Nc1cccc(-c2cc(-c3ccc(Cl)cc3O)nc(NC(=O)c3ccoc3)c2C#N)c1.Cl. The second-order valence-corrected chi connectivity index (χ2v) is 8.31. The molecule has 0 saturated heterocycles. The summed E-state index contributed by atoms with van der Waals surface area (Å²) in [6, 6.07) is 15.8. The molecule has 0 aliphatic rings. The Labute approximate surface area is 223 Å². The molecule has 2 aromatic carbocycles. The van der Waals surface area contributed by atoms with Crippen LogP contribution in [-0.4, -0.2) is 27.9 Å². The van der Waals surface area contributed by atoms with Crippen molar-refractivity contribution >= 4 is 47.3 Å². The highest BCUT2D eigenvalue weighted by molar-refractivity contribution is 6.30. The van der Waals surface area contributed by atoms with E-state index in [-0.39, 0.29) is 46.7 Å². The first-order chi connectivity index (χ1) is 17.3. The molecule has 0 aliphatic heterocycles. The van der Waals surface area contributed by atoms with Crippen molar-refractivity contribution in [3.8, 4) is 34.2 Å². The van der Waals surface area contributed by atoms with Crippen molar-refractivity contribution in [2.45, 2.75) is 13.0 Å². The van der Waals surface area contributed by atoms with Crippen LogP contribution in [0.2, 0.25) is 5.02 Å². The molecule has 1 unspecified atom stereocenters. The van der Waals surface area contributed by atoms with Crippen molar-refractivity contribution in [3.05, 3.63) is 83.3 Å². The molecule has 4 aromatic rings. The number of rotatable bonds is 6. The summed E-state index contributed by atoms with van der Waals surface area (Å²) in [5.74, 6) is -1.05. The Morgan fingerprint density at radius 1 is 1.14 bits per heavy atom. The molecule has 1 atom stereocenters. The normalized spacial score (nSPS) is 11.1. The van der Waals surface area contributed by atoms with E-state index in [0.717, 1.165) is 0 Å². The molecule has 11 heteroatoms. The van der Waals surface area contributed by atoms with Gasteiger partial charge in [-0.05, 0) is 55.0 Å². The molecule has 2 heterocycles. The molecular formula is C26H21Cl2N5O4. The monoisotopic (exact) mass is 537 g/mol. The molecule has 0 aliphatic carbocycles. The van der Waals surface area contributed by atoms with Crippen LogP contribution >= 0.6 is 24.0 Å². The van der Waals surface area contributed by atoms with Crippen LogP contribution < -0.4 is 16.4 Å². The fraction of sp³-hybridized carbons (Fsp3) is 0.0769. The Morgan fingerprint density at radius 3 is 2.57 bits per heavy atom. The van der Waals surface area contributed by atoms with Gasteiger partial charge < -0.3 is 25.9 Å². The number of nitrogens with two attached hydrogens (primary N) is 1. The number of pyridine rings is 1. The molecule has 2 amide bonds. The van der Waals surface area contributed by atoms with Gasteiger partial charge in [0, 0.05) is 21.8 Å². The number of nitrogens with one attached hydrogen (secondary N) is 2. The third kappa shape index (κ3) is 6.08. The molecule has 5 N–H and O–H groups in total. The first-order valence-corrected chi connectivity index (χ1v) is 11.1. The topological polar surface area (TPSA) is 154 Å². The summed E-state index contributed by atoms with van der Waals surface area (Å²) in [6.45, 7) is 1.57. The van der Waals surface area contributed by atoms with Crippen LogP contribution in [0.5, 0.6) is 5.75 Å². The molecule has 0 radical (unpaired) electrons. The van der Waals surface area contributed by atoms with Gasteiger partial charge in [0.1, 0.15) is 23.6 Å². The number of nitrogens with zero attached hydrogens (tertiary/aromatic N) is 2. The summed E-state index contributed by atoms with van der Waals surface area (Å²) in [5, 5.41) is 26.2. The van der Waals surface area contributed by atoms with Gasteiger partial charge in [-0.3, -0.25) is 9.59 Å².